The highest BCUT2D eigenvalue weighted by molar-refractivity contribution is 6.32. The van der Waals surface area contributed by atoms with Gasteiger partial charge < -0.3 is 0 Å². The van der Waals surface area contributed by atoms with Crippen LogP contribution in [-0.4, -0.2) is 17.1 Å². The van der Waals surface area contributed by atoms with Gasteiger partial charge in [-0.3, -0.25) is 4.79 Å². The molecule has 0 saturated heterocycles. The predicted octanol–water partition coefficient (Wildman–Crippen LogP) is 4.73. The molecule has 0 spiro atoms. The van der Waals surface area contributed by atoms with Gasteiger partial charge in [-0.1, -0.05) is 72.3 Å². The molecule has 1 aromatic heterocycles. The highest BCUT2D eigenvalue weighted by Gasteiger charge is 2.06. The average molecular weight is 374 g/mol. The molecule has 0 fully saturated rings. The van der Waals surface area contributed by atoms with E-state index in [1.165, 1.54) is 6.21 Å². The van der Waals surface area contributed by atoms with E-state index in [9.17, 15) is 4.79 Å². The van der Waals surface area contributed by atoms with Gasteiger partial charge in [-0.25, -0.2) is 10.4 Å². The van der Waals surface area contributed by atoms with E-state index in [2.05, 4.69) is 15.5 Å². The lowest BCUT2D eigenvalue weighted by Gasteiger charge is -2.05. The van der Waals surface area contributed by atoms with Gasteiger partial charge in [-0.15, -0.1) is 0 Å². The van der Waals surface area contributed by atoms with E-state index in [0.29, 0.717) is 10.7 Å². The minimum Gasteiger partial charge on any atom is -0.273 e. The summed E-state index contributed by atoms with van der Waals surface area (Å²) in [5.74, 6) is -0.188. The zero-order chi connectivity index (χ0) is 18.6. The molecule has 0 aliphatic heterocycles. The van der Waals surface area contributed by atoms with Crippen molar-refractivity contribution in [2.45, 2.75) is 6.42 Å². The molecule has 0 unspecified atom stereocenters. The van der Waals surface area contributed by atoms with Crippen molar-refractivity contribution in [1.82, 2.24) is 10.4 Å². The third kappa shape index (κ3) is 3.81. The van der Waals surface area contributed by atoms with Crippen molar-refractivity contribution in [2.24, 2.45) is 5.10 Å². The van der Waals surface area contributed by atoms with Crippen LogP contribution in [0.25, 0.3) is 21.7 Å². The summed E-state index contributed by atoms with van der Waals surface area (Å²) in [7, 11) is 0. The minimum atomic E-state index is -0.188. The zero-order valence-electron chi connectivity index (χ0n) is 14.4. The number of amides is 1. The molecule has 0 bridgehead atoms. The lowest BCUT2D eigenvalue weighted by atomic mass is 10.0. The van der Waals surface area contributed by atoms with Gasteiger partial charge in [0.15, 0.2) is 0 Å². The number of nitrogens with one attached hydrogen (secondary N) is 1. The first kappa shape index (κ1) is 17.2. The SMILES string of the molecule is O=C(Cc1cccc2ccccc12)N/N=C\c1cc2ccccc2nc1Cl. The van der Waals surface area contributed by atoms with Crippen LogP contribution < -0.4 is 5.43 Å². The molecule has 4 aromatic rings. The lowest BCUT2D eigenvalue weighted by molar-refractivity contribution is -0.120. The Balaban J connectivity index is 1.48. The third-order valence-corrected chi connectivity index (χ3v) is 4.63. The van der Waals surface area contributed by atoms with Gasteiger partial charge in [0.2, 0.25) is 5.91 Å². The van der Waals surface area contributed by atoms with Crippen molar-refractivity contribution in [2.75, 3.05) is 0 Å². The molecule has 3 aromatic carbocycles. The third-order valence-electron chi connectivity index (χ3n) is 4.33. The van der Waals surface area contributed by atoms with Gasteiger partial charge in [-0.05, 0) is 28.5 Å². The molecule has 0 atom stereocenters. The fraction of sp³-hybridized carbons (Fsp3) is 0.0455. The van der Waals surface area contributed by atoms with E-state index in [0.717, 1.165) is 27.2 Å². The number of carbonyl (C=O) groups is 1. The molecule has 132 valence electrons. The van der Waals surface area contributed by atoms with E-state index in [1.807, 2.05) is 72.8 Å². The summed E-state index contributed by atoms with van der Waals surface area (Å²) in [6, 6.07) is 23.5. The Labute approximate surface area is 161 Å². The van der Waals surface area contributed by atoms with Gasteiger partial charge in [0.25, 0.3) is 0 Å². The summed E-state index contributed by atoms with van der Waals surface area (Å²) < 4.78 is 0. The van der Waals surface area contributed by atoms with Crippen molar-refractivity contribution in [3.05, 3.63) is 89.1 Å². The van der Waals surface area contributed by atoms with Crippen LogP contribution in [0.3, 0.4) is 0 Å². The maximum atomic E-state index is 12.3. The highest BCUT2D eigenvalue weighted by atomic mass is 35.5. The van der Waals surface area contributed by atoms with Gasteiger partial charge in [0, 0.05) is 10.9 Å². The van der Waals surface area contributed by atoms with Crippen LogP contribution in [0.2, 0.25) is 5.15 Å². The van der Waals surface area contributed by atoms with Gasteiger partial charge >= 0.3 is 0 Å². The van der Waals surface area contributed by atoms with Gasteiger partial charge in [0.1, 0.15) is 5.15 Å². The van der Waals surface area contributed by atoms with E-state index in [1.54, 1.807) is 0 Å². The Kier molecular flexibility index (Phi) is 4.81. The van der Waals surface area contributed by atoms with Crippen LogP contribution in [0.5, 0.6) is 0 Å². The minimum absolute atomic E-state index is 0.188. The Bertz CT molecular complexity index is 1170. The summed E-state index contributed by atoms with van der Waals surface area (Å²) >= 11 is 6.20. The summed E-state index contributed by atoms with van der Waals surface area (Å²) in [6.07, 6.45) is 1.77. The topological polar surface area (TPSA) is 54.4 Å². The van der Waals surface area contributed by atoms with Crippen LogP contribution in [0, 0.1) is 0 Å². The molecule has 4 nitrogen and oxygen atoms in total. The molecular weight excluding hydrogens is 358 g/mol. The number of hydrazone groups is 1. The molecule has 5 heteroatoms. The molecule has 0 aliphatic rings. The number of fused-ring (bicyclic) bond motifs is 2. The number of hydrogen-bond donors (Lipinski definition) is 1. The quantitative estimate of drug-likeness (QED) is 0.319. The highest BCUT2D eigenvalue weighted by Crippen LogP contribution is 2.20. The Morgan fingerprint density at radius 1 is 1.00 bits per heavy atom. The second-order valence-corrected chi connectivity index (χ2v) is 6.53. The van der Waals surface area contributed by atoms with E-state index < -0.39 is 0 Å². The average Bonchev–Trinajstić information content (AvgIpc) is 2.69. The Morgan fingerprint density at radius 3 is 2.63 bits per heavy atom. The summed E-state index contributed by atoms with van der Waals surface area (Å²) in [4.78, 5) is 16.6. The summed E-state index contributed by atoms with van der Waals surface area (Å²) in [6.45, 7) is 0. The first-order valence-electron chi connectivity index (χ1n) is 8.54. The molecular formula is C22H16ClN3O. The summed E-state index contributed by atoms with van der Waals surface area (Å²) in [5, 5.41) is 7.53. The second-order valence-electron chi connectivity index (χ2n) is 6.17. The normalized spacial score (nSPS) is 11.3. The molecule has 0 radical (unpaired) electrons. The predicted molar refractivity (Wildman–Crippen MR) is 110 cm³/mol. The first-order valence-corrected chi connectivity index (χ1v) is 8.92. The second kappa shape index (κ2) is 7.56. The van der Waals surface area contributed by atoms with E-state index >= 15 is 0 Å². The number of para-hydroxylation sites is 1. The Hall–Kier alpha value is -3.24. The standard InChI is InChI=1S/C22H16ClN3O/c23-22-18(12-17-7-2-4-11-20(17)25-22)14-24-26-21(27)13-16-9-5-8-15-6-1-3-10-19(15)16/h1-12,14H,13H2,(H,26,27)/b24-14-. The number of nitrogens with zero attached hydrogens (tertiary/aromatic N) is 2. The van der Waals surface area contributed by atoms with E-state index in [-0.39, 0.29) is 12.3 Å². The van der Waals surface area contributed by atoms with Crippen molar-refractivity contribution in [3.8, 4) is 0 Å². The van der Waals surface area contributed by atoms with Crippen LogP contribution in [0.15, 0.2) is 77.9 Å². The number of carbonyl (C=O) groups excluding carboxylic acids is 1. The molecule has 27 heavy (non-hydrogen) atoms. The van der Waals surface area contributed by atoms with Crippen molar-refractivity contribution < 1.29 is 4.79 Å². The van der Waals surface area contributed by atoms with Gasteiger partial charge in [0.05, 0.1) is 18.2 Å². The number of hydrogen-bond acceptors (Lipinski definition) is 3. The maximum absolute atomic E-state index is 12.3. The lowest BCUT2D eigenvalue weighted by Crippen LogP contribution is -2.20. The molecule has 0 saturated carbocycles. The van der Waals surface area contributed by atoms with Crippen LogP contribution >= 0.6 is 11.6 Å². The van der Waals surface area contributed by atoms with Gasteiger partial charge in [-0.2, -0.15) is 5.10 Å². The first-order chi connectivity index (χ1) is 13.2. The number of pyridine rings is 1. The monoisotopic (exact) mass is 373 g/mol. The smallest absolute Gasteiger partial charge is 0.244 e. The van der Waals surface area contributed by atoms with E-state index in [4.69, 9.17) is 11.6 Å². The number of halogens is 1. The zero-order valence-corrected chi connectivity index (χ0v) is 15.1. The number of rotatable bonds is 4. The maximum Gasteiger partial charge on any atom is 0.244 e. The van der Waals surface area contributed by atoms with Crippen molar-refractivity contribution in [3.63, 3.8) is 0 Å². The van der Waals surface area contributed by atoms with Crippen LogP contribution in [0.4, 0.5) is 0 Å². The Morgan fingerprint density at radius 2 is 1.74 bits per heavy atom. The number of benzene rings is 3. The molecule has 1 amide bonds. The largest absolute Gasteiger partial charge is 0.273 e. The molecule has 1 N–H and O–H groups in total. The fourth-order valence-electron chi connectivity index (χ4n) is 3.03. The van der Waals surface area contributed by atoms with Crippen molar-refractivity contribution >= 4 is 45.4 Å². The molecule has 1 heterocycles. The fourth-order valence-corrected chi connectivity index (χ4v) is 3.23. The van der Waals surface area contributed by atoms with Crippen LogP contribution in [0.1, 0.15) is 11.1 Å². The number of aromatic nitrogens is 1. The van der Waals surface area contributed by atoms with Crippen LogP contribution in [-0.2, 0) is 11.2 Å². The molecule has 0 aliphatic carbocycles. The van der Waals surface area contributed by atoms with Crippen molar-refractivity contribution in [1.29, 1.82) is 0 Å². The molecule has 4 rings (SSSR count). The summed E-state index contributed by atoms with van der Waals surface area (Å²) in [5.41, 5.74) is 5.00.